The largest absolute Gasteiger partial charge is 0.381 e. The van der Waals surface area contributed by atoms with Gasteiger partial charge in [-0.3, -0.25) is 14.4 Å². The molecule has 0 bridgehead atoms. The summed E-state index contributed by atoms with van der Waals surface area (Å²) in [6.07, 6.45) is -0.0143. The highest BCUT2D eigenvalue weighted by Crippen LogP contribution is 2.23. The normalized spacial score (nSPS) is 12.7. The summed E-state index contributed by atoms with van der Waals surface area (Å²) in [6.45, 7) is 2.85. The number of aliphatic hydroxyl groups is 1. The fourth-order valence-electron chi connectivity index (χ4n) is 5.17. The molecule has 1 amide bonds. The average Bonchev–Trinajstić information content (AvgIpc) is 3.03. The molecular formula is C35H29FN4O6S. The van der Waals surface area contributed by atoms with Crippen LogP contribution >= 0.6 is 0 Å². The number of carbonyl (C=O) groups excluding carboxylic acids is 2. The Labute approximate surface area is 269 Å². The van der Waals surface area contributed by atoms with Gasteiger partial charge in [-0.15, -0.1) is 0 Å². The number of rotatable bonds is 10. The summed E-state index contributed by atoms with van der Waals surface area (Å²) >= 11 is 0. The van der Waals surface area contributed by atoms with Gasteiger partial charge in [0.25, 0.3) is 11.5 Å². The minimum atomic E-state index is -4.15. The first-order valence-corrected chi connectivity index (χ1v) is 16.1. The number of Topliss-reactive ketones (excluding diaryl/α,β-unsaturated/α-hetero) is 1. The minimum Gasteiger partial charge on any atom is -0.381 e. The predicted molar refractivity (Wildman–Crippen MR) is 173 cm³/mol. The number of halogens is 1. The highest BCUT2D eigenvalue weighted by Gasteiger charge is 2.36. The molecule has 4 aromatic carbocycles. The highest BCUT2D eigenvalue weighted by atomic mass is 32.2. The Morgan fingerprint density at radius 1 is 1.00 bits per heavy atom. The van der Waals surface area contributed by atoms with E-state index in [0.29, 0.717) is 38.7 Å². The average molecular weight is 653 g/mol. The minimum absolute atomic E-state index is 0.186. The SMILES string of the molecule is Cc1cc(CC(=O)[C@@](C)(O)CS(=O)(=O)c2ccc(NC(=O)c3cc(Cc4n[nH]c(=O)c5ccccc45)ccc3F)cc2)ccc1C#N. The smallest absolute Gasteiger partial charge is 0.272 e. The van der Waals surface area contributed by atoms with Crippen molar-refractivity contribution in [3.8, 4) is 6.07 Å². The van der Waals surface area contributed by atoms with Gasteiger partial charge in [-0.2, -0.15) is 10.4 Å². The van der Waals surface area contributed by atoms with Gasteiger partial charge in [0.1, 0.15) is 11.4 Å². The van der Waals surface area contributed by atoms with E-state index in [1.165, 1.54) is 36.4 Å². The molecule has 0 fully saturated rings. The Morgan fingerprint density at radius 3 is 2.36 bits per heavy atom. The van der Waals surface area contributed by atoms with Crippen molar-refractivity contribution in [1.82, 2.24) is 10.2 Å². The van der Waals surface area contributed by atoms with Crippen LogP contribution < -0.4 is 10.9 Å². The first-order chi connectivity index (χ1) is 22.3. The van der Waals surface area contributed by atoms with Gasteiger partial charge in [0.2, 0.25) is 0 Å². The number of carbonyl (C=O) groups is 2. The number of aromatic nitrogens is 2. The van der Waals surface area contributed by atoms with E-state index in [4.69, 9.17) is 5.26 Å². The van der Waals surface area contributed by atoms with Crippen molar-refractivity contribution >= 4 is 38.0 Å². The number of aryl methyl sites for hydroxylation is 1. The van der Waals surface area contributed by atoms with Crippen molar-refractivity contribution in [2.45, 2.75) is 37.2 Å². The maximum atomic E-state index is 14.7. The molecule has 0 aliphatic rings. The predicted octanol–water partition coefficient (Wildman–Crippen LogP) is 4.42. The van der Waals surface area contributed by atoms with E-state index in [1.54, 1.807) is 49.4 Å². The van der Waals surface area contributed by atoms with E-state index in [1.807, 2.05) is 6.07 Å². The lowest BCUT2D eigenvalue weighted by Gasteiger charge is -2.22. The molecule has 1 heterocycles. The van der Waals surface area contributed by atoms with Gasteiger partial charge >= 0.3 is 0 Å². The fraction of sp³-hybridized carbons (Fsp3) is 0.171. The first-order valence-electron chi connectivity index (χ1n) is 14.4. The summed E-state index contributed by atoms with van der Waals surface area (Å²) in [4.78, 5) is 37.8. The Hall–Kier alpha value is -5.51. The van der Waals surface area contributed by atoms with Crippen LogP contribution in [0.5, 0.6) is 0 Å². The zero-order valence-electron chi connectivity index (χ0n) is 25.4. The van der Waals surface area contributed by atoms with Crippen molar-refractivity contribution in [2.75, 3.05) is 11.1 Å². The molecule has 0 aliphatic carbocycles. The molecule has 0 spiro atoms. The number of aromatic amines is 1. The maximum absolute atomic E-state index is 14.7. The van der Waals surface area contributed by atoms with Crippen LogP contribution in [0.4, 0.5) is 10.1 Å². The number of anilines is 1. The molecule has 0 aliphatic heterocycles. The van der Waals surface area contributed by atoms with Crippen LogP contribution in [-0.4, -0.2) is 46.8 Å². The van der Waals surface area contributed by atoms with E-state index < -0.39 is 38.7 Å². The molecule has 0 radical (unpaired) electrons. The third-order valence-corrected chi connectivity index (χ3v) is 9.67. The van der Waals surface area contributed by atoms with Crippen LogP contribution in [0.3, 0.4) is 0 Å². The van der Waals surface area contributed by atoms with Crippen LogP contribution in [0.1, 0.15) is 45.2 Å². The number of fused-ring (bicyclic) bond motifs is 1. The number of hydrogen-bond acceptors (Lipinski definition) is 8. The number of nitriles is 1. The topological polar surface area (TPSA) is 170 Å². The number of nitrogens with one attached hydrogen (secondary N) is 2. The monoisotopic (exact) mass is 652 g/mol. The van der Waals surface area contributed by atoms with Crippen LogP contribution in [-0.2, 0) is 27.5 Å². The molecule has 5 rings (SSSR count). The third-order valence-electron chi connectivity index (χ3n) is 7.74. The Balaban J connectivity index is 1.27. The van der Waals surface area contributed by atoms with E-state index in [0.717, 1.165) is 13.0 Å². The van der Waals surface area contributed by atoms with Crippen LogP contribution in [0.2, 0.25) is 0 Å². The van der Waals surface area contributed by atoms with Crippen molar-refractivity contribution in [2.24, 2.45) is 0 Å². The molecule has 0 saturated heterocycles. The zero-order valence-corrected chi connectivity index (χ0v) is 26.2. The summed E-state index contributed by atoms with van der Waals surface area (Å²) in [7, 11) is -4.15. The molecule has 1 aromatic heterocycles. The molecule has 1 atom stereocenters. The molecule has 12 heteroatoms. The lowest BCUT2D eigenvalue weighted by molar-refractivity contribution is -0.133. The van der Waals surface area contributed by atoms with Crippen molar-refractivity contribution < 1.29 is 27.5 Å². The number of H-pyrrole nitrogens is 1. The standard InChI is InChI=1S/C35H29FN4O6S/c1-21-15-22(7-9-24(21)19-37)18-32(41)35(2,44)20-47(45,46)26-12-10-25(11-13-26)38-33(42)29-16-23(8-14-30(29)36)17-31-27-5-3-4-6-28(27)34(43)40-39-31/h3-16,44H,17-18,20H2,1-2H3,(H,38,42)(H,40,43)/t35-/m0/s1. The number of ketones is 1. The second kappa shape index (κ2) is 13.1. The molecule has 5 aromatic rings. The number of nitrogens with zero attached hydrogens (tertiary/aromatic N) is 2. The molecule has 3 N–H and O–H groups in total. The van der Waals surface area contributed by atoms with Gasteiger partial charge in [-0.05, 0) is 79.1 Å². The second-order valence-corrected chi connectivity index (χ2v) is 13.4. The first kappa shape index (κ1) is 32.9. The van der Waals surface area contributed by atoms with E-state index >= 15 is 0 Å². The molecule has 47 heavy (non-hydrogen) atoms. The molecular weight excluding hydrogens is 623 g/mol. The van der Waals surface area contributed by atoms with E-state index in [9.17, 15) is 32.3 Å². The van der Waals surface area contributed by atoms with E-state index in [2.05, 4.69) is 15.5 Å². The summed E-state index contributed by atoms with van der Waals surface area (Å²) < 4.78 is 41.0. The van der Waals surface area contributed by atoms with E-state index in [-0.39, 0.29) is 34.5 Å². The second-order valence-electron chi connectivity index (χ2n) is 11.4. The van der Waals surface area contributed by atoms with Crippen molar-refractivity contribution in [3.05, 3.63) is 135 Å². The molecule has 10 nitrogen and oxygen atoms in total. The zero-order chi connectivity index (χ0) is 33.9. The van der Waals surface area contributed by atoms with Gasteiger partial charge in [0.15, 0.2) is 15.6 Å². The summed E-state index contributed by atoms with van der Waals surface area (Å²) in [6, 6.07) is 22.9. The number of sulfone groups is 1. The maximum Gasteiger partial charge on any atom is 0.272 e. The molecule has 238 valence electrons. The van der Waals surface area contributed by atoms with Gasteiger partial charge in [-0.1, -0.05) is 36.4 Å². The Kier molecular flexibility index (Phi) is 9.15. The number of amides is 1. The van der Waals surface area contributed by atoms with Crippen LogP contribution in [0.15, 0.2) is 94.6 Å². The quantitative estimate of drug-likeness (QED) is 0.199. The fourth-order valence-corrected chi connectivity index (χ4v) is 6.79. The third kappa shape index (κ3) is 7.33. The summed E-state index contributed by atoms with van der Waals surface area (Å²) in [5, 5.41) is 30.1. The van der Waals surface area contributed by atoms with Crippen LogP contribution in [0.25, 0.3) is 10.8 Å². The Morgan fingerprint density at radius 2 is 1.68 bits per heavy atom. The summed E-state index contributed by atoms with van der Waals surface area (Å²) in [5.74, 6) is -3.13. The lowest BCUT2D eigenvalue weighted by Crippen LogP contribution is -2.43. The van der Waals surface area contributed by atoms with Gasteiger partial charge in [-0.25, -0.2) is 17.9 Å². The lowest BCUT2D eigenvalue weighted by atomic mass is 9.95. The van der Waals surface area contributed by atoms with Gasteiger partial charge in [0, 0.05) is 23.9 Å². The van der Waals surface area contributed by atoms with Crippen LogP contribution in [0, 0.1) is 24.1 Å². The van der Waals surface area contributed by atoms with Gasteiger partial charge in [0.05, 0.1) is 38.9 Å². The Bertz CT molecular complexity index is 2240. The number of benzene rings is 4. The summed E-state index contributed by atoms with van der Waals surface area (Å²) in [5.41, 5.74) is 0.146. The molecule has 0 saturated carbocycles. The number of hydrogen-bond donors (Lipinski definition) is 3. The van der Waals surface area contributed by atoms with Crippen molar-refractivity contribution in [1.29, 1.82) is 5.26 Å². The van der Waals surface area contributed by atoms with Gasteiger partial charge < -0.3 is 10.4 Å². The molecule has 0 unspecified atom stereocenters. The van der Waals surface area contributed by atoms with Crippen molar-refractivity contribution in [3.63, 3.8) is 0 Å². The highest BCUT2D eigenvalue weighted by molar-refractivity contribution is 7.91.